The monoisotopic (exact) mass is 314 g/mol. The number of aryl methyl sites for hydroxylation is 1. The standard InChI is InChI=1S/C17H15ClN2O2/c1-10-4-6-11(7-5-10)16-12-8-14(21-2)15(22-3)9-13(12)19-17(18)20-16/h4-9H,1-3H3. The SMILES string of the molecule is COc1cc2nc(Cl)nc(-c3ccc(C)cc3)c2cc1OC. The molecule has 0 radical (unpaired) electrons. The van der Waals surface area contributed by atoms with Gasteiger partial charge >= 0.3 is 0 Å². The molecule has 0 N–H and O–H groups in total. The molecule has 0 saturated carbocycles. The minimum atomic E-state index is 0.204. The largest absolute Gasteiger partial charge is 0.493 e. The third-order valence-corrected chi connectivity index (χ3v) is 3.67. The van der Waals surface area contributed by atoms with Crippen molar-refractivity contribution in [2.75, 3.05) is 14.2 Å². The lowest BCUT2D eigenvalue weighted by Crippen LogP contribution is -1.95. The number of halogens is 1. The summed E-state index contributed by atoms with van der Waals surface area (Å²) in [5.41, 5.74) is 3.66. The van der Waals surface area contributed by atoms with Crippen LogP contribution in [0.15, 0.2) is 36.4 Å². The molecular formula is C17H15ClN2O2. The molecule has 5 heteroatoms. The van der Waals surface area contributed by atoms with Crippen LogP contribution in [0.2, 0.25) is 5.28 Å². The second-order valence-corrected chi connectivity index (χ2v) is 5.27. The van der Waals surface area contributed by atoms with E-state index >= 15 is 0 Å². The van der Waals surface area contributed by atoms with Crippen molar-refractivity contribution in [3.05, 3.63) is 47.2 Å². The van der Waals surface area contributed by atoms with Gasteiger partial charge in [-0.3, -0.25) is 0 Å². The molecule has 4 nitrogen and oxygen atoms in total. The first-order valence-electron chi connectivity index (χ1n) is 6.78. The summed E-state index contributed by atoms with van der Waals surface area (Å²) in [6, 6.07) is 11.8. The number of fused-ring (bicyclic) bond motifs is 1. The van der Waals surface area contributed by atoms with E-state index < -0.39 is 0 Å². The van der Waals surface area contributed by atoms with E-state index in [1.807, 2.05) is 37.3 Å². The normalized spacial score (nSPS) is 10.7. The highest BCUT2D eigenvalue weighted by atomic mass is 35.5. The fourth-order valence-electron chi connectivity index (χ4n) is 2.36. The maximum atomic E-state index is 6.08. The number of benzene rings is 2. The van der Waals surface area contributed by atoms with Gasteiger partial charge in [0.15, 0.2) is 11.5 Å². The first kappa shape index (κ1) is 14.6. The lowest BCUT2D eigenvalue weighted by atomic mass is 10.0. The van der Waals surface area contributed by atoms with E-state index in [-0.39, 0.29) is 5.28 Å². The molecule has 0 fully saturated rings. The van der Waals surface area contributed by atoms with Gasteiger partial charge < -0.3 is 9.47 Å². The molecule has 112 valence electrons. The Morgan fingerprint density at radius 1 is 0.909 bits per heavy atom. The van der Waals surface area contributed by atoms with Gasteiger partial charge in [0.1, 0.15) is 0 Å². The van der Waals surface area contributed by atoms with Crippen LogP contribution in [-0.2, 0) is 0 Å². The molecule has 0 saturated heterocycles. The van der Waals surface area contributed by atoms with Crippen molar-refractivity contribution >= 4 is 22.5 Å². The van der Waals surface area contributed by atoms with Gasteiger partial charge in [-0.2, -0.15) is 0 Å². The van der Waals surface area contributed by atoms with E-state index in [2.05, 4.69) is 9.97 Å². The van der Waals surface area contributed by atoms with Crippen molar-refractivity contribution < 1.29 is 9.47 Å². The summed E-state index contributed by atoms with van der Waals surface area (Å²) in [5, 5.41) is 1.07. The molecule has 0 amide bonds. The Morgan fingerprint density at radius 2 is 1.55 bits per heavy atom. The quantitative estimate of drug-likeness (QED) is 0.677. The Bertz CT molecular complexity index is 832. The Hall–Kier alpha value is -2.33. The second-order valence-electron chi connectivity index (χ2n) is 4.93. The van der Waals surface area contributed by atoms with Crippen LogP contribution in [0.3, 0.4) is 0 Å². The Kier molecular flexibility index (Phi) is 3.86. The topological polar surface area (TPSA) is 44.2 Å². The van der Waals surface area contributed by atoms with Crippen molar-refractivity contribution in [3.63, 3.8) is 0 Å². The van der Waals surface area contributed by atoms with Gasteiger partial charge in [0.2, 0.25) is 5.28 Å². The van der Waals surface area contributed by atoms with Crippen molar-refractivity contribution in [1.82, 2.24) is 9.97 Å². The molecule has 0 unspecified atom stereocenters. The predicted octanol–water partition coefficient (Wildman–Crippen LogP) is 4.28. The van der Waals surface area contributed by atoms with E-state index in [1.54, 1.807) is 20.3 Å². The van der Waals surface area contributed by atoms with Gasteiger partial charge in [0.05, 0.1) is 25.4 Å². The van der Waals surface area contributed by atoms with E-state index in [0.29, 0.717) is 17.0 Å². The number of nitrogens with zero attached hydrogens (tertiary/aromatic N) is 2. The summed E-state index contributed by atoms with van der Waals surface area (Å²) in [4.78, 5) is 8.67. The van der Waals surface area contributed by atoms with E-state index in [4.69, 9.17) is 21.1 Å². The van der Waals surface area contributed by atoms with Crippen LogP contribution in [0.4, 0.5) is 0 Å². The van der Waals surface area contributed by atoms with Gasteiger partial charge in [0.25, 0.3) is 0 Å². The van der Waals surface area contributed by atoms with Crippen LogP contribution < -0.4 is 9.47 Å². The third kappa shape index (κ3) is 2.57. The van der Waals surface area contributed by atoms with Gasteiger partial charge in [-0.05, 0) is 24.6 Å². The van der Waals surface area contributed by atoms with E-state index in [9.17, 15) is 0 Å². The molecular weight excluding hydrogens is 300 g/mol. The number of hydrogen-bond donors (Lipinski definition) is 0. The molecule has 0 atom stereocenters. The van der Waals surface area contributed by atoms with E-state index in [0.717, 1.165) is 16.6 Å². The number of rotatable bonds is 3. The number of ether oxygens (including phenoxy) is 2. The first-order valence-corrected chi connectivity index (χ1v) is 7.16. The summed E-state index contributed by atoms with van der Waals surface area (Å²) in [7, 11) is 3.19. The predicted molar refractivity (Wildman–Crippen MR) is 87.8 cm³/mol. The van der Waals surface area contributed by atoms with E-state index in [1.165, 1.54) is 5.56 Å². The first-order chi connectivity index (χ1) is 10.6. The van der Waals surface area contributed by atoms with Crippen molar-refractivity contribution in [1.29, 1.82) is 0 Å². The van der Waals surface area contributed by atoms with Crippen molar-refractivity contribution in [2.24, 2.45) is 0 Å². The second kappa shape index (κ2) is 5.81. The molecule has 0 aliphatic carbocycles. The summed E-state index contributed by atoms with van der Waals surface area (Å²) in [5.74, 6) is 1.24. The Labute approximate surface area is 133 Å². The zero-order chi connectivity index (χ0) is 15.7. The van der Waals surface area contributed by atoms with Crippen molar-refractivity contribution in [3.8, 4) is 22.8 Å². The molecule has 2 aromatic carbocycles. The van der Waals surface area contributed by atoms with Gasteiger partial charge in [-0.25, -0.2) is 9.97 Å². The highest BCUT2D eigenvalue weighted by molar-refractivity contribution is 6.28. The van der Waals surface area contributed by atoms with Crippen molar-refractivity contribution in [2.45, 2.75) is 6.92 Å². The molecule has 1 aromatic heterocycles. The molecule has 3 aromatic rings. The summed E-state index contributed by atoms with van der Waals surface area (Å²) < 4.78 is 10.7. The fourth-order valence-corrected chi connectivity index (χ4v) is 2.53. The van der Waals surface area contributed by atoms with Gasteiger partial charge in [-0.1, -0.05) is 29.8 Å². The minimum absolute atomic E-state index is 0.204. The highest BCUT2D eigenvalue weighted by Gasteiger charge is 2.13. The zero-order valence-electron chi connectivity index (χ0n) is 12.6. The molecule has 3 rings (SSSR count). The molecule has 1 heterocycles. The fraction of sp³-hybridized carbons (Fsp3) is 0.176. The maximum Gasteiger partial charge on any atom is 0.223 e. The number of methoxy groups -OCH3 is 2. The molecule has 0 aliphatic rings. The summed E-state index contributed by atoms with van der Waals surface area (Å²) >= 11 is 6.08. The van der Waals surface area contributed by atoms with Crippen LogP contribution >= 0.6 is 11.6 Å². The Morgan fingerprint density at radius 3 is 2.18 bits per heavy atom. The highest BCUT2D eigenvalue weighted by Crippen LogP contribution is 2.36. The lowest BCUT2D eigenvalue weighted by molar-refractivity contribution is 0.356. The number of aromatic nitrogens is 2. The summed E-state index contributed by atoms with van der Waals surface area (Å²) in [6.45, 7) is 2.04. The minimum Gasteiger partial charge on any atom is -0.493 e. The molecule has 0 spiro atoms. The molecule has 22 heavy (non-hydrogen) atoms. The molecule has 0 bridgehead atoms. The molecule has 0 aliphatic heterocycles. The van der Waals surface area contributed by atoms with Crippen LogP contribution in [-0.4, -0.2) is 24.2 Å². The van der Waals surface area contributed by atoms with Crippen LogP contribution in [0.25, 0.3) is 22.2 Å². The Balaban J connectivity index is 2.31. The lowest BCUT2D eigenvalue weighted by Gasteiger charge is -2.11. The van der Waals surface area contributed by atoms with Crippen LogP contribution in [0.5, 0.6) is 11.5 Å². The average molecular weight is 315 g/mol. The van der Waals surface area contributed by atoms with Crippen LogP contribution in [0.1, 0.15) is 5.56 Å². The smallest absolute Gasteiger partial charge is 0.223 e. The summed E-state index contributed by atoms with van der Waals surface area (Å²) in [6.07, 6.45) is 0. The number of hydrogen-bond acceptors (Lipinski definition) is 4. The third-order valence-electron chi connectivity index (χ3n) is 3.50. The van der Waals surface area contributed by atoms with Crippen LogP contribution in [0, 0.1) is 6.92 Å². The maximum absolute atomic E-state index is 6.08. The van der Waals surface area contributed by atoms with Gasteiger partial charge in [-0.15, -0.1) is 0 Å². The zero-order valence-corrected chi connectivity index (χ0v) is 13.3. The average Bonchev–Trinajstić information content (AvgIpc) is 2.53. The van der Waals surface area contributed by atoms with Gasteiger partial charge in [0, 0.05) is 17.0 Å².